The van der Waals surface area contributed by atoms with Gasteiger partial charge in [0, 0.05) is 6.42 Å². The Morgan fingerprint density at radius 1 is 0.806 bits per heavy atom. The molecular weight excluding hydrogens is 401 g/mol. The van der Waals surface area contributed by atoms with Crippen molar-refractivity contribution < 1.29 is 22.6 Å². The molecule has 0 aromatic heterocycles. The normalized spacial score (nSPS) is 29.3. The van der Waals surface area contributed by atoms with E-state index in [0.29, 0.717) is 42.7 Å². The first kappa shape index (κ1) is 24.6. The highest BCUT2D eigenvalue weighted by Crippen LogP contribution is 2.34. The summed E-state index contributed by atoms with van der Waals surface area (Å²) >= 11 is 0. The zero-order valence-electron chi connectivity index (χ0n) is 19.2. The van der Waals surface area contributed by atoms with Gasteiger partial charge in [-0.2, -0.15) is 0 Å². The second-order valence-corrected chi connectivity index (χ2v) is 9.72. The van der Waals surface area contributed by atoms with Gasteiger partial charge in [0.1, 0.15) is 0 Å². The first-order valence-corrected chi connectivity index (χ1v) is 12.3. The van der Waals surface area contributed by atoms with Crippen molar-refractivity contribution in [2.24, 2.45) is 11.8 Å². The highest BCUT2D eigenvalue weighted by Gasteiger charge is 2.36. The highest BCUT2D eigenvalue weighted by molar-refractivity contribution is 5.27. The quantitative estimate of drug-likeness (QED) is 0.379. The summed E-state index contributed by atoms with van der Waals surface area (Å²) in [6, 6.07) is 3.41. The third-order valence-electron chi connectivity index (χ3n) is 7.13. The average molecular weight is 441 g/mol. The molecule has 31 heavy (non-hydrogen) atoms. The van der Waals surface area contributed by atoms with E-state index in [1.807, 2.05) is 6.92 Å². The first-order chi connectivity index (χ1) is 14.9. The van der Waals surface area contributed by atoms with Gasteiger partial charge in [-0.25, -0.2) is 13.2 Å². The van der Waals surface area contributed by atoms with Crippen LogP contribution in [0.25, 0.3) is 0 Å². The number of hydrogen-bond donors (Lipinski definition) is 0. The van der Waals surface area contributed by atoms with E-state index in [0.717, 1.165) is 18.8 Å². The molecule has 1 heterocycles. The van der Waals surface area contributed by atoms with E-state index in [2.05, 4.69) is 6.92 Å². The Labute approximate surface area is 185 Å². The second kappa shape index (κ2) is 11.7. The lowest BCUT2D eigenvalue weighted by molar-refractivity contribution is -0.236. The molecule has 1 aliphatic heterocycles. The molecule has 0 amide bonds. The number of ether oxygens (including phenoxy) is 2. The van der Waals surface area contributed by atoms with Gasteiger partial charge in [-0.15, -0.1) is 0 Å². The van der Waals surface area contributed by atoms with Gasteiger partial charge >= 0.3 is 0 Å². The van der Waals surface area contributed by atoms with Crippen LogP contribution in [0.4, 0.5) is 13.2 Å². The molecule has 1 aromatic rings. The fraction of sp³-hybridized carbons (Fsp3) is 0.769. The zero-order valence-corrected chi connectivity index (χ0v) is 19.2. The van der Waals surface area contributed by atoms with Crippen LogP contribution in [0.2, 0.25) is 0 Å². The lowest BCUT2D eigenvalue weighted by atomic mass is 9.78. The number of halogens is 3. The van der Waals surface area contributed by atoms with Crippen LogP contribution >= 0.6 is 0 Å². The van der Waals surface area contributed by atoms with Crippen LogP contribution in [0.3, 0.4) is 0 Å². The third-order valence-corrected chi connectivity index (χ3v) is 7.13. The summed E-state index contributed by atoms with van der Waals surface area (Å²) in [4.78, 5) is 0. The van der Waals surface area contributed by atoms with E-state index >= 15 is 0 Å². The van der Waals surface area contributed by atoms with Crippen LogP contribution in [0.5, 0.6) is 0 Å². The van der Waals surface area contributed by atoms with Crippen LogP contribution in [0.15, 0.2) is 12.1 Å². The van der Waals surface area contributed by atoms with E-state index in [4.69, 9.17) is 9.47 Å². The minimum absolute atomic E-state index is 0.00163. The number of alkyl halides is 1. The molecule has 0 spiro atoms. The van der Waals surface area contributed by atoms with Crippen molar-refractivity contribution in [3.8, 4) is 0 Å². The molecule has 5 heteroatoms. The molecule has 1 saturated carbocycles. The van der Waals surface area contributed by atoms with Gasteiger partial charge in [-0.05, 0) is 48.6 Å². The Morgan fingerprint density at radius 2 is 1.32 bits per heavy atom. The van der Waals surface area contributed by atoms with Crippen LogP contribution < -0.4 is 0 Å². The van der Waals surface area contributed by atoms with Gasteiger partial charge in [-0.3, -0.25) is 0 Å². The molecule has 1 saturated heterocycles. The standard InChI is InChI=1S/C26H39F3O2/c1-3-5-19-6-8-20(9-7-19)10-11-21-12-13-22(25(28)24(21)27)14-15-23-30-17-26(29,16-4-2)18-31-23/h12-13,19-20,23H,3-11,14-18H2,1-2H3. The molecule has 1 aromatic carbocycles. The zero-order chi connectivity index (χ0) is 22.3. The number of aryl methyl sites for hydroxylation is 2. The van der Waals surface area contributed by atoms with E-state index in [1.54, 1.807) is 12.1 Å². The molecular formula is C26H39F3O2. The van der Waals surface area contributed by atoms with Crippen molar-refractivity contribution in [2.75, 3.05) is 13.2 Å². The van der Waals surface area contributed by atoms with Gasteiger partial charge in [0.05, 0.1) is 13.2 Å². The largest absolute Gasteiger partial charge is 0.349 e. The van der Waals surface area contributed by atoms with Crippen molar-refractivity contribution >= 4 is 0 Å². The molecule has 0 radical (unpaired) electrons. The van der Waals surface area contributed by atoms with E-state index in [1.165, 1.54) is 38.5 Å². The predicted molar refractivity (Wildman–Crippen MR) is 118 cm³/mol. The number of rotatable bonds is 10. The third kappa shape index (κ3) is 6.95. The monoisotopic (exact) mass is 440 g/mol. The molecule has 2 aliphatic rings. The SMILES string of the molecule is CCCC1CCC(CCc2ccc(CCC3OCC(F)(CCC)CO3)c(F)c2F)CC1. The number of hydrogen-bond acceptors (Lipinski definition) is 2. The van der Waals surface area contributed by atoms with Crippen LogP contribution in [-0.4, -0.2) is 25.2 Å². The topological polar surface area (TPSA) is 18.5 Å². The van der Waals surface area contributed by atoms with E-state index in [9.17, 15) is 13.2 Å². The fourth-order valence-electron chi connectivity index (χ4n) is 5.20. The first-order valence-electron chi connectivity index (χ1n) is 12.3. The summed E-state index contributed by atoms with van der Waals surface area (Å²) in [7, 11) is 0. The predicted octanol–water partition coefficient (Wildman–Crippen LogP) is 7.32. The van der Waals surface area contributed by atoms with E-state index in [-0.39, 0.29) is 13.2 Å². The summed E-state index contributed by atoms with van der Waals surface area (Å²) in [5, 5.41) is 0. The Hall–Kier alpha value is -1.07. The molecule has 3 rings (SSSR count). The van der Waals surface area contributed by atoms with Crippen molar-refractivity contribution in [3.05, 3.63) is 34.9 Å². The van der Waals surface area contributed by atoms with E-state index < -0.39 is 23.6 Å². The van der Waals surface area contributed by atoms with Crippen molar-refractivity contribution in [2.45, 2.75) is 103 Å². The summed E-state index contributed by atoms with van der Waals surface area (Å²) in [5.74, 6) is 0.0186. The average Bonchev–Trinajstić information content (AvgIpc) is 2.77. The maximum absolute atomic E-state index is 14.6. The molecule has 0 N–H and O–H groups in total. The van der Waals surface area contributed by atoms with Crippen molar-refractivity contribution in [1.82, 2.24) is 0 Å². The molecule has 1 aliphatic carbocycles. The Kier molecular flexibility index (Phi) is 9.27. The molecule has 2 fully saturated rings. The Balaban J connectivity index is 1.45. The highest BCUT2D eigenvalue weighted by atomic mass is 19.2. The fourth-order valence-corrected chi connectivity index (χ4v) is 5.20. The lowest BCUT2D eigenvalue weighted by Gasteiger charge is -2.34. The Bertz CT molecular complexity index is 677. The van der Waals surface area contributed by atoms with Crippen LogP contribution in [0.1, 0.15) is 89.2 Å². The van der Waals surface area contributed by atoms with Gasteiger partial charge < -0.3 is 9.47 Å². The number of benzene rings is 1. The Morgan fingerprint density at radius 3 is 1.84 bits per heavy atom. The molecule has 0 unspecified atom stereocenters. The lowest BCUT2D eigenvalue weighted by Crippen LogP contribution is -2.44. The van der Waals surface area contributed by atoms with Gasteiger partial charge in [0.25, 0.3) is 0 Å². The van der Waals surface area contributed by atoms with Crippen LogP contribution in [0, 0.1) is 23.5 Å². The van der Waals surface area contributed by atoms with Crippen molar-refractivity contribution in [1.29, 1.82) is 0 Å². The van der Waals surface area contributed by atoms with Gasteiger partial charge in [0.15, 0.2) is 23.6 Å². The minimum Gasteiger partial charge on any atom is -0.349 e. The van der Waals surface area contributed by atoms with Gasteiger partial charge in [0.2, 0.25) is 0 Å². The molecule has 0 bridgehead atoms. The maximum Gasteiger partial charge on any atom is 0.162 e. The summed E-state index contributed by atoms with van der Waals surface area (Å²) in [5.41, 5.74) is -0.623. The van der Waals surface area contributed by atoms with Crippen molar-refractivity contribution in [3.63, 3.8) is 0 Å². The summed E-state index contributed by atoms with van der Waals surface area (Å²) < 4.78 is 54.6. The minimum atomic E-state index is -1.43. The summed E-state index contributed by atoms with van der Waals surface area (Å²) in [6.45, 7) is 4.17. The molecule has 2 nitrogen and oxygen atoms in total. The smallest absolute Gasteiger partial charge is 0.162 e. The second-order valence-electron chi connectivity index (χ2n) is 9.72. The summed E-state index contributed by atoms with van der Waals surface area (Å²) in [6.07, 6.45) is 10.3. The van der Waals surface area contributed by atoms with Gasteiger partial charge in [-0.1, -0.05) is 70.9 Å². The van der Waals surface area contributed by atoms with Crippen LogP contribution in [-0.2, 0) is 22.3 Å². The maximum atomic E-state index is 14.6. The molecule has 176 valence electrons. The molecule has 0 atom stereocenters.